The fourth-order valence-corrected chi connectivity index (χ4v) is 5.01. The number of carbonyl (C=O) groups excluding carboxylic acids is 1. The second-order valence-electron chi connectivity index (χ2n) is 9.26. The van der Waals surface area contributed by atoms with Crippen molar-refractivity contribution in [2.75, 3.05) is 31.1 Å². The van der Waals surface area contributed by atoms with Gasteiger partial charge in [0.2, 0.25) is 5.91 Å². The lowest BCUT2D eigenvalue weighted by molar-refractivity contribution is -0.126. The van der Waals surface area contributed by atoms with Gasteiger partial charge in [-0.15, -0.1) is 0 Å². The average Bonchev–Trinajstić information content (AvgIpc) is 2.84. The van der Waals surface area contributed by atoms with Gasteiger partial charge < -0.3 is 10.2 Å². The van der Waals surface area contributed by atoms with Crippen LogP contribution in [0.4, 0.5) is 5.82 Å². The summed E-state index contributed by atoms with van der Waals surface area (Å²) in [5, 5.41) is 3.28. The normalized spacial score (nSPS) is 20.1. The molecule has 2 aromatic rings. The number of likely N-dealkylation sites (tertiary alicyclic amines) is 1. The van der Waals surface area contributed by atoms with E-state index in [9.17, 15) is 14.4 Å². The van der Waals surface area contributed by atoms with Gasteiger partial charge >= 0.3 is 5.69 Å². The predicted molar refractivity (Wildman–Crippen MR) is 129 cm³/mol. The third-order valence-electron chi connectivity index (χ3n) is 6.99. The standard InChI is InChI=1S/C25H35N5O3/c1-3-30-22(16-23(31)27(2)25(30)33)29-13-7-10-20(18-29)24(32)26-21-11-14-28(15-12-21)17-19-8-5-4-6-9-19/h4-6,8-9,16,20-21H,3,7,10-15,17-18H2,1-2H3,(H,26,32). The number of anilines is 1. The highest BCUT2D eigenvalue weighted by Crippen LogP contribution is 2.23. The Hall–Kier alpha value is -2.87. The summed E-state index contributed by atoms with van der Waals surface area (Å²) in [5.41, 5.74) is 0.700. The van der Waals surface area contributed by atoms with Crippen molar-refractivity contribution in [1.82, 2.24) is 19.4 Å². The van der Waals surface area contributed by atoms with E-state index in [4.69, 9.17) is 0 Å². The third-order valence-corrected chi connectivity index (χ3v) is 6.99. The van der Waals surface area contributed by atoms with E-state index in [0.717, 1.165) is 56.4 Å². The number of benzene rings is 1. The lowest BCUT2D eigenvalue weighted by Crippen LogP contribution is -2.50. The van der Waals surface area contributed by atoms with E-state index in [2.05, 4.69) is 34.5 Å². The molecule has 3 heterocycles. The average molecular weight is 454 g/mol. The lowest BCUT2D eigenvalue weighted by Gasteiger charge is -2.36. The van der Waals surface area contributed by atoms with E-state index in [1.165, 1.54) is 18.7 Å². The maximum absolute atomic E-state index is 13.1. The molecule has 4 rings (SSSR count). The maximum atomic E-state index is 13.1. The second kappa shape index (κ2) is 10.4. The summed E-state index contributed by atoms with van der Waals surface area (Å²) in [4.78, 5) is 42.3. The molecule has 2 aliphatic heterocycles. The Bertz CT molecular complexity index is 1070. The number of nitrogens with one attached hydrogen (secondary N) is 1. The highest BCUT2D eigenvalue weighted by atomic mass is 16.2. The van der Waals surface area contributed by atoms with Crippen molar-refractivity contribution in [2.24, 2.45) is 13.0 Å². The van der Waals surface area contributed by atoms with Gasteiger partial charge in [-0.3, -0.25) is 23.6 Å². The zero-order valence-electron chi connectivity index (χ0n) is 19.7. The molecule has 0 bridgehead atoms. The predicted octanol–water partition coefficient (Wildman–Crippen LogP) is 1.56. The van der Waals surface area contributed by atoms with Crippen LogP contribution in [0.15, 0.2) is 46.0 Å². The fraction of sp³-hybridized carbons (Fsp3) is 0.560. The van der Waals surface area contributed by atoms with E-state index in [-0.39, 0.29) is 29.1 Å². The van der Waals surface area contributed by atoms with Gasteiger partial charge in [0.25, 0.3) is 5.56 Å². The number of piperidine rings is 2. The van der Waals surface area contributed by atoms with Crippen molar-refractivity contribution < 1.29 is 4.79 Å². The first-order chi connectivity index (χ1) is 16.0. The van der Waals surface area contributed by atoms with Crippen molar-refractivity contribution in [3.8, 4) is 0 Å². The Balaban J connectivity index is 1.34. The molecule has 1 amide bonds. The molecule has 0 aliphatic carbocycles. The quantitative estimate of drug-likeness (QED) is 0.718. The smallest absolute Gasteiger partial charge is 0.332 e. The highest BCUT2D eigenvalue weighted by Gasteiger charge is 2.30. The topological polar surface area (TPSA) is 79.6 Å². The summed E-state index contributed by atoms with van der Waals surface area (Å²) in [6.07, 6.45) is 3.61. The van der Waals surface area contributed by atoms with Gasteiger partial charge in [-0.25, -0.2) is 4.79 Å². The molecule has 0 spiro atoms. The van der Waals surface area contributed by atoms with Gasteiger partial charge in [-0.2, -0.15) is 0 Å². The third kappa shape index (κ3) is 5.38. The molecule has 1 unspecified atom stereocenters. The van der Waals surface area contributed by atoms with Crippen LogP contribution in [0.25, 0.3) is 0 Å². The van der Waals surface area contributed by atoms with Crippen LogP contribution in [0.3, 0.4) is 0 Å². The van der Waals surface area contributed by atoms with Crippen LogP contribution < -0.4 is 21.5 Å². The Morgan fingerprint density at radius 1 is 1.06 bits per heavy atom. The minimum atomic E-state index is -0.312. The zero-order chi connectivity index (χ0) is 23.4. The molecule has 1 aromatic carbocycles. The van der Waals surface area contributed by atoms with E-state index < -0.39 is 0 Å². The van der Waals surface area contributed by atoms with Crippen LogP contribution in [-0.2, 0) is 24.9 Å². The largest absolute Gasteiger partial charge is 0.357 e. The molecule has 178 valence electrons. The first-order valence-electron chi connectivity index (χ1n) is 12.1. The molecule has 33 heavy (non-hydrogen) atoms. The van der Waals surface area contributed by atoms with Crippen molar-refractivity contribution in [2.45, 2.75) is 51.7 Å². The van der Waals surface area contributed by atoms with Gasteiger partial charge in [0, 0.05) is 58.4 Å². The summed E-state index contributed by atoms with van der Waals surface area (Å²) in [6, 6.07) is 12.2. The van der Waals surface area contributed by atoms with Gasteiger partial charge in [-0.1, -0.05) is 30.3 Å². The number of amides is 1. The summed E-state index contributed by atoms with van der Waals surface area (Å²) in [5.74, 6) is 0.582. The maximum Gasteiger partial charge on any atom is 0.332 e. The number of aromatic nitrogens is 2. The Morgan fingerprint density at radius 3 is 2.48 bits per heavy atom. The highest BCUT2D eigenvalue weighted by molar-refractivity contribution is 5.79. The Labute approximate surface area is 194 Å². The number of hydrogen-bond donors (Lipinski definition) is 1. The zero-order valence-corrected chi connectivity index (χ0v) is 19.7. The fourth-order valence-electron chi connectivity index (χ4n) is 5.01. The lowest BCUT2D eigenvalue weighted by atomic mass is 9.95. The molecule has 8 nitrogen and oxygen atoms in total. The van der Waals surface area contributed by atoms with Crippen LogP contribution in [0.2, 0.25) is 0 Å². The monoisotopic (exact) mass is 453 g/mol. The second-order valence-corrected chi connectivity index (χ2v) is 9.26. The molecular formula is C25H35N5O3. The van der Waals surface area contributed by atoms with Crippen molar-refractivity contribution in [1.29, 1.82) is 0 Å². The molecule has 8 heteroatoms. The minimum Gasteiger partial charge on any atom is -0.357 e. The molecule has 0 saturated carbocycles. The van der Waals surface area contributed by atoms with Crippen LogP contribution in [0.1, 0.15) is 38.2 Å². The molecule has 2 saturated heterocycles. The van der Waals surface area contributed by atoms with Crippen LogP contribution >= 0.6 is 0 Å². The Morgan fingerprint density at radius 2 is 1.79 bits per heavy atom. The van der Waals surface area contributed by atoms with E-state index in [0.29, 0.717) is 18.9 Å². The van der Waals surface area contributed by atoms with Crippen LogP contribution in [0.5, 0.6) is 0 Å². The number of hydrogen-bond acceptors (Lipinski definition) is 5. The summed E-state index contributed by atoms with van der Waals surface area (Å²) in [6.45, 7) is 6.57. The molecule has 1 atom stereocenters. The molecule has 0 radical (unpaired) electrons. The van der Waals surface area contributed by atoms with E-state index in [1.807, 2.05) is 17.9 Å². The first kappa shape index (κ1) is 23.3. The minimum absolute atomic E-state index is 0.0930. The van der Waals surface area contributed by atoms with E-state index >= 15 is 0 Å². The van der Waals surface area contributed by atoms with Crippen molar-refractivity contribution in [3.05, 3.63) is 62.8 Å². The van der Waals surface area contributed by atoms with Crippen LogP contribution in [0, 0.1) is 5.92 Å². The number of rotatable bonds is 6. The SMILES string of the molecule is CCn1c(N2CCCC(C(=O)NC3CCN(Cc4ccccc4)CC3)C2)cc(=O)n(C)c1=O. The number of carbonyl (C=O) groups is 1. The van der Waals surface area contributed by atoms with Gasteiger partial charge in [0.15, 0.2) is 0 Å². The van der Waals surface area contributed by atoms with E-state index in [1.54, 1.807) is 4.57 Å². The summed E-state index contributed by atoms with van der Waals surface area (Å²) < 4.78 is 2.75. The molecule has 1 N–H and O–H groups in total. The van der Waals surface area contributed by atoms with Crippen molar-refractivity contribution in [3.63, 3.8) is 0 Å². The molecule has 2 fully saturated rings. The van der Waals surface area contributed by atoms with Gasteiger partial charge in [0.05, 0.1) is 5.92 Å². The number of nitrogens with zero attached hydrogens (tertiary/aromatic N) is 4. The molecular weight excluding hydrogens is 418 g/mol. The summed E-state index contributed by atoms with van der Waals surface area (Å²) >= 11 is 0. The van der Waals surface area contributed by atoms with Gasteiger partial charge in [-0.05, 0) is 38.2 Å². The summed E-state index contributed by atoms with van der Waals surface area (Å²) in [7, 11) is 1.50. The Kier molecular flexibility index (Phi) is 7.33. The molecule has 1 aromatic heterocycles. The van der Waals surface area contributed by atoms with Crippen molar-refractivity contribution >= 4 is 11.7 Å². The first-order valence-corrected chi connectivity index (χ1v) is 12.1. The van der Waals surface area contributed by atoms with Crippen LogP contribution in [-0.4, -0.2) is 52.2 Å². The van der Waals surface area contributed by atoms with Gasteiger partial charge in [0.1, 0.15) is 5.82 Å². The molecule has 2 aliphatic rings.